The monoisotopic (exact) mass is 448 g/mol. The Kier molecular flexibility index (Phi) is 7.04. The highest BCUT2D eigenvalue weighted by atomic mass is 19.1. The summed E-state index contributed by atoms with van der Waals surface area (Å²) in [4.78, 5) is 16.2. The van der Waals surface area contributed by atoms with Crippen LogP contribution in [0.4, 0.5) is 8.78 Å². The molecule has 33 heavy (non-hydrogen) atoms. The second-order valence-corrected chi connectivity index (χ2v) is 7.15. The molecule has 0 fully saturated rings. The molecule has 4 rings (SSSR count). The molecule has 0 saturated heterocycles. The third-order valence-corrected chi connectivity index (χ3v) is 4.59. The third kappa shape index (κ3) is 6.00. The number of nitrogens with one attached hydrogen (secondary N) is 1. The standard InChI is InChI=1S/C25H22F2N4O2/c1-2-3-6-28-8-9-32-21-12-18(24-30-23-5-4-7-29-25(23)31-24)13-22(15-21)33-16-17-10-19(26)14-20(27)11-17/h3-8,10-15H,2,9,16H2,1H3,(H,29,30,31)/b6-3-,28-8+. The summed E-state index contributed by atoms with van der Waals surface area (Å²) in [5, 5.41) is 0. The highest BCUT2D eigenvalue weighted by molar-refractivity contribution is 5.76. The number of hydrogen-bond donors (Lipinski definition) is 1. The Bertz CT molecular complexity index is 1250. The molecule has 8 heteroatoms. The van der Waals surface area contributed by atoms with Crippen LogP contribution in [0.15, 0.2) is 72.0 Å². The van der Waals surface area contributed by atoms with Crippen LogP contribution in [0.5, 0.6) is 11.5 Å². The van der Waals surface area contributed by atoms with E-state index in [2.05, 4.69) is 19.9 Å². The van der Waals surface area contributed by atoms with Gasteiger partial charge in [-0.25, -0.2) is 18.7 Å². The molecule has 0 saturated carbocycles. The van der Waals surface area contributed by atoms with Gasteiger partial charge in [0, 0.05) is 36.3 Å². The van der Waals surface area contributed by atoms with Crippen molar-refractivity contribution in [2.45, 2.75) is 20.0 Å². The Labute approximate surface area is 189 Å². The zero-order valence-electron chi connectivity index (χ0n) is 18.0. The van der Waals surface area contributed by atoms with E-state index in [1.165, 1.54) is 12.1 Å². The molecule has 2 aromatic carbocycles. The van der Waals surface area contributed by atoms with E-state index >= 15 is 0 Å². The number of aromatic amines is 1. The molecular formula is C25H22F2N4O2. The molecule has 168 valence electrons. The third-order valence-electron chi connectivity index (χ3n) is 4.59. The SMILES string of the molecule is CC/C=C\N=C\COc1cc(OCc2cc(F)cc(F)c2)cc(-c2nc3cccnc3[nH]2)c1. The molecule has 0 spiro atoms. The van der Waals surface area contributed by atoms with Gasteiger partial charge in [-0.15, -0.1) is 0 Å². The Morgan fingerprint density at radius 3 is 2.58 bits per heavy atom. The summed E-state index contributed by atoms with van der Waals surface area (Å²) in [6.45, 7) is 2.28. The lowest BCUT2D eigenvalue weighted by molar-refractivity contribution is 0.301. The lowest BCUT2D eigenvalue weighted by atomic mass is 10.2. The average molecular weight is 448 g/mol. The summed E-state index contributed by atoms with van der Waals surface area (Å²) in [6, 6.07) is 12.3. The van der Waals surface area contributed by atoms with Crippen molar-refractivity contribution in [3.05, 3.63) is 84.2 Å². The molecule has 1 N–H and O–H groups in total. The highest BCUT2D eigenvalue weighted by Gasteiger charge is 2.11. The van der Waals surface area contributed by atoms with E-state index in [1.54, 1.807) is 30.7 Å². The fourth-order valence-electron chi connectivity index (χ4n) is 3.12. The highest BCUT2D eigenvalue weighted by Crippen LogP contribution is 2.30. The van der Waals surface area contributed by atoms with Gasteiger partial charge in [0.2, 0.25) is 0 Å². The molecule has 0 atom stereocenters. The molecule has 0 unspecified atom stereocenters. The summed E-state index contributed by atoms with van der Waals surface area (Å²) in [5.41, 5.74) is 2.48. The summed E-state index contributed by atoms with van der Waals surface area (Å²) in [5.74, 6) is 0.279. The zero-order chi connectivity index (χ0) is 23.0. The lowest BCUT2D eigenvalue weighted by Crippen LogP contribution is -2.01. The van der Waals surface area contributed by atoms with Gasteiger partial charge >= 0.3 is 0 Å². The molecule has 0 aliphatic rings. The van der Waals surface area contributed by atoms with Crippen molar-refractivity contribution in [3.8, 4) is 22.9 Å². The van der Waals surface area contributed by atoms with Crippen LogP contribution in [0.3, 0.4) is 0 Å². The predicted octanol–water partition coefficient (Wildman–Crippen LogP) is 5.86. The van der Waals surface area contributed by atoms with E-state index in [0.29, 0.717) is 34.1 Å². The molecule has 0 aliphatic heterocycles. The first-order valence-corrected chi connectivity index (χ1v) is 10.4. The maximum atomic E-state index is 13.5. The van der Waals surface area contributed by atoms with Gasteiger partial charge in [0.1, 0.15) is 47.7 Å². The maximum absolute atomic E-state index is 13.5. The number of H-pyrrole nitrogens is 1. The lowest BCUT2D eigenvalue weighted by Gasteiger charge is -2.11. The molecule has 0 radical (unpaired) electrons. The van der Waals surface area contributed by atoms with Crippen LogP contribution < -0.4 is 9.47 Å². The fraction of sp³-hybridized carbons (Fsp3) is 0.160. The van der Waals surface area contributed by atoms with E-state index in [-0.39, 0.29) is 13.2 Å². The number of ether oxygens (including phenoxy) is 2. The minimum atomic E-state index is -0.655. The van der Waals surface area contributed by atoms with E-state index in [1.807, 2.05) is 31.2 Å². The summed E-state index contributed by atoms with van der Waals surface area (Å²) in [6.07, 6.45) is 7.90. The van der Waals surface area contributed by atoms with E-state index in [4.69, 9.17) is 9.47 Å². The first kappa shape index (κ1) is 22.1. The van der Waals surface area contributed by atoms with Gasteiger partial charge in [0.15, 0.2) is 5.65 Å². The Hall–Kier alpha value is -4.07. The second kappa shape index (κ2) is 10.5. The molecule has 2 heterocycles. The van der Waals surface area contributed by atoms with Crippen LogP contribution in [0.1, 0.15) is 18.9 Å². The first-order valence-electron chi connectivity index (χ1n) is 10.4. The first-order chi connectivity index (χ1) is 16.1. The molecule has 2 aromatic heterocycles. The summed E-state index contributed by atoms with van der Waals surface area (Å²) in [7, 11) is 0. The predicted molar refractivity (Wildman–Crippen MR) is 123 cm³/mol. The number of fused-ring (bicyclic) bond motifs is 1. The zero-order valence-corrected chi connectivity index (χ0v) is 18.0. The van der Waals surface area contributed by atoms with Crippen molar-refractivity contribution in [1.82, 2.24) is 15.0 Å². The van der Waals surface area contributed by atoms with Crippen LogP contribution in [0.2, 0.25) is 0 Å². The normalized spacial score (nSPS) is 11.6. The molecule has 6 nitrogen and oxygen atoms in total. The van der Waals surface area contributed by atoms with Crippen molar-refractivity contribution in [2.24, 2.45) is 4.99 Å². The van der Waals surface area contributed by atoms with Crippen LogP contribution in [-0.2, 0) is 6.61 Å². The number of aliphatic imine (C=N–C) groups is 1. The summed E-state index contributed by atoms with van der Waals surface area (Å²) < 4.78 is 38.6. The van der Waals surface area contributed by atoms with E-state index < -0.39 is 11.6 Å². The number of nitrogens with zero attached hydrogens (tertiary/aromatic N) is 3. The van der Waals surface area contributed by atoms with Crippen LogP contribution in [0.25, 0.3) is 22.6 Å². The number of rotatable bonds is 9. The van der Waals surface area contributed by atoms with E-state index in [9.17, 15) is 8.78 Å². The van der Waals surface area contributed by atoms with Gasteiger partial charge < -0.3 is 14.5 Å². The maximum Gasteiger partial charge on any atom is 0.157 e. The molecule has 0 aliphatic carbocycles. The Morgan fingerprint density at radius 1 is 1.03 bits per heavy atom. The van der Waals surface area contributed by atoms with Gasteiger partial charge in [-0.05, 0) is 48.4 Å². The Balaban J connectivity index is 1.59. The van der Waals surface area contributed by atoms with Crippen molar-refractivity contribution in [2.75, 3.05) is 6.61 Å². The van der Waals surface area contributed by atoms with Gasteiger partial charge in [-0.3, -0.25) is 4.99 Å². The Morgan fingerprint density at radius 2 is 1.82 bits per heavy atom. The smallest absolute Gasteiger partial charge is 0.157 e. The molecular weight excluding hydrogens is 426 g/mol. The van der Waals surface area contributed by atoms with Crippen molar-refractivity contribution in [3.63, 3.8) is 0 Å². The number of allylic oxidation sites excluding steroid dienone is 1. The average Bonchev–Trinajstić information content (AvgIpc) is 3.24. The number of imidazole rings is 1. The second-order valence-electron chi connectivity index (χ2n) is 7.15. The number of hydrogen-bond acceptors (Lipinski definition) is 5. The van der Waals surface area contributed by atoms with E-state index in [0.717, 1.165) is 18.0 Å². The van der Waals surface area contributed by atoms with Gasteiger partial charge in [-0.1, -0.05) is 13.0 Å². The van der Waals surface area contributed by atoms with Crippen LogP contribution in [0, 0.1) is 11.6 Å². The van der Waals surface area contributed by atoms with Gasteiger partial charge in [-0.2, -0.15) is 0 Å². The van der Waals surface area contributed by atoms with Gasteiger partial charge in [0.05, 0.1) is 0 Å². The molecule has 0 bridgehead atoms. The topological polar surface area (TPSA) is 72.4 Å². The molecule has 4 aromatic rings. The van der Waals surface area contributed by atoms with Crippen molar-refractivity contribution >= 4 is 17.4 Å². The number of aromatic nitrogens is 3. The molecule has 0 amide bonds. The quantitative estimate of drug-likeness (QED) is 0.326. The fourth-order valence-corrected chi connectivity index (χ4v) is 3.12. The largest absolute Gasteiger partial charge is 0.489 e. The minimum absolute atomic E-state index is 0.0114. The van der Waals surface area contributed by atoms with Gasteiger partial charge in [0.25, 0.3) is 0 Å². The van der Waals surface area contributed by atoms with Crippen molar-refractivity contribution < 1.29 is 18.3 Å². The summed E-state index contributed by atoms with van der Waals surface area (Å²) >= 11 is 0. The number of pyridine rings is 1. The number of halogens is 2. The number of benzene rings is 2. The van der Waals surface area contributed by atoms with Crippen molar-refractivity contribution in [1.29, 1.82) is 0 Å². The van der Waals surface area contributed by atoms with Crippen LogP contribution >= 0.6 is 0 Å². The minimum Gasteiger partial charge on any atom is -0.489 e. The van der Waals surface area contributed by atoms with Crippen LogP contribution in [-0.4, -0.2) is 27.8 Å².